The van der Waals surface area contributed by atoms with Crippen molar-refractivity contribution in [1.29, 1.82) is 0 Å². The van der Waals surface area contributed by atoms with Crippen molar-refractivity contribution >= 4 is 29.0 Å². The third-order valence-corrected chi connectivity index (χ3v) is 4.59. The molecule has 0 saturated carbocycles. The molecular weight excluding hydrogens is 325 g/mol. The summed E-state index contributed by atoms with van der Waals surface area (Å²) < 4.78 is 15.0. The van der Waals surface area contributed by atoms with Gasteiger partial charge in [0.2, 0.25) is 5.91 Å². The number of hydrogen-bond acceptors (Lipinski definition) is 3. The standard InChI is InChI=1S/C18H18FN3OS/c1-13-10-14(19)5-6-16(13)21-18(23)7-9-24-12-15-11-22-8-3-2-4-17(22)20-15/h2-6,8,10-11H,7,9,12H2,1H3,(H,21,23). The molecule has 0 atom stereocenters. The van der Waals surface area contributed by atoms with Crippen molar-refractivity contribution in [2.24, 2.45) is 0 Å². The zero-order chi connectivity index (χ0) is 16.9. The molecule has 1 N–H and O–H groups in total. The fraction of sp³-hybridized carbons (Fsp3) is 0.222. The van der Waals surface area contributed by atoms with Crippen molar-refractivity contribution in [3.05, 3.63) is 65.9 Å². The second-order valence-electron chi connectivity index (χ2n) is 5.51. The van der Waals surface area contributed by atoms with E-state index in [1.165, 1.54) is 12.1 Å². The SMILES string of the molecule is Cc1cc(F)ccc1NC(=O)CCSCc1cn2ccccc2n1. The van der Waals surface area contributed by atoms with Gasteiger partial charge in [0.05, 0.1) is 5.69 Å². The van der Waals surface area contributed by atoms with Gasteiger partial charge in [-0.1, -0.05) is 6.07 Å². The Balaban J connectivity index is 1.45. The number of pyridine rings is 1. The maximum Gasteiger partial charge on any atom is 0.225 e. The molecule has 0 aliphatic carbocycles. The van der Waals surface area contributed by atoms with E-state index in [0.717, 1.165) is 22.7 Å². The number of rotatable bonds is 6. The lowest BCUT2D eigenvalue weighted by Crippen LogP contribution is -2.13. The van der Waals surface area contributed by atoms with Crippen molar-refractivity contribution in [2.45, 2.75) is 19.1 Å². The average Bonchev–Trinajstić information content (AvgIpc) is 2.97. The molecule has 0 radical (unpaired) electrons. The van der Waals surface area contributed by atoms with E-state index in [1.807, 2.05) is 35.0 Å². The van der Waals surface area contributed by atoms with Crippen LogP contribution in [-0.4, -0.2) is 21.0 Å². The number of anilines is 1. The number of nitrogens with zero attached hydrogens (tertiary/aromatic N) is 2. The molecule has 124 valence electrons. The minimum atomic E-state index is -0.298. The number of halogens is 1. The lowest BCUT2D eigenvalue weighted by Gasteiger charge is -2.08. The Morgan fingerprint density at radius 2 is 2.21 bits per heavy atom. The van der Waals surface area contributed by atoms with Gasteiger partial charge in [-0.25, -0.2) is 9.37 Å². The number of thioether (sulfide) groups is 1. The average molecular weight is 343 g/mol. The molecule has 0 saturated heterocycles. The van der Waals surface area contributed by atoms with Crippen LogP contribution in [0.25, 0.3) is 5.65 Å². The van der Waals surface area contributed by atoms with E-state index in [4.69, 9.17) is 0 Å². The van der Waals surface area contributed by atoms with Gasteiger partial charge in [0.15, 0.2) is 0 Å². The molecule has 1 aromatic carbocycles. The lowest BCUT2D eigenvalue weighted by molar-refractivity contribution is -0.115. The van der Waals surface area contributed by atoms with E-state index in [1.54, 1.807) is 24.8 Å². The number of aromatic nitrogens is 2. The van der Waals surface area contributed by atoms with Crippen LogP contribution in [0.5, 0.6) is 0 Å². The number of imidazole rings is 1. The minimum Gasteiger partial charge on any atom is -0.326 e. The smallest absolute Gasteiger partial charge is 0.225 e. The van der Waals surface area contributed by atoms with Crippen LogP contribution in [0.1, 0.15) is 17.7 Å². The normalized spacial score (nSPS) is 10.9. The number of aryl methyl sites for hydroxylation is 1. The molecule has 24 heavy (non-hydrogen) atoms. The maximum absolute atomic E-state index is 13.0. The molecule has 2 heterocycles. The first-order valence-electron chi connectivity index (χ1n) is 7.68. The van der Waals surface area contributed by atoms with Gasteiger partial charge in [-0.15, -0.1) is 0 Å². The molecule has 0 aliphatic heterocycles. The first-order chi connectivity index (χ1) is 11.6. The number of carbonyl (C=O) groups is 1. The van der Waals surface area contributed by atoms with Gasteiger partial charge in [0.1, 0.15) is 11.5 Å². The molecule has 0 unspecified atom stereocenters. The number of benzene rings is 1. The van der Waals surface area contributed by atoms with Gasteiger partial charge >= 0.3 is 0 Å². The van der Waals surface area contributed by atoms with E-state index < -0.39 is 0 Å². The van der Waals surface area contributed by atoms with E-state index in [0.29, 0.717) is 17.9 Å². The summed E-state index contributed by atoms with van der Waals surface area (Å²) in [7, 11) is 0. The van der Waals surface area contributed by atoms with Crippen LogP contribution in [0.2, 0.25) is 0 Å². The van der Waals surface area contributed by atoms with Crippen molar-refractivity contribution < 1.29 is 9.18 Å². The fourth-order valence-electron chi connectivity index (χ4n) is 2.38. The predicted molar refractivity (Wildman–Crippen MR) is 95.7 cm³/mol. The highest BCUT2D eigenvalue weighted by Gasteiger charge is 2.06. The molecule has 2 aromatic heterocycles. The Labute approximate surface area is 144 Å². The molecule has 0 fully saturated rings. The number of carbonyl (C=O) groups excluding carboxylic acids is 1. The quantitative estimate of drug-likeness (QED) is 0.687. The van der Waals surface area contributed by atoms with E-state index >= 15 is 0 Å². The summed E-state index contributed by atoms with van der Waals surface area (Å²) in [4.78, 5) is 16.5. The largest absolute Gasteiger partial charge is 0.326 e. The van der Waals surface area contributed by atoms with Gasteiger partial charge < -0.3 is 9.72 Å². The summed E-state index contributed by atoms with van der Waals surface area (Å²) in [5.41, 5.74) is 3.31. The highest BCUT2D eigenvalue weighted by Crippen LogP contribution is 2.17. The number of fused-ring (bicyclic) bond motifs is 1. The molecule has 4 nitrogen and oxygen atoms in total. The monoisotopic (exact) mass is 343 g/mol. The highest BCUT2D eigenvalue weighted by atomic mass is 32.2. The zero-order valence-corrected chi connectivity index (χ0v) is 14.1. The Morgan fingerprint density at radius 1 is 1.33 bits per heavy atom. The third kappa shape index (κ3) is 4.14. The molecule has 0 aliphatic rings. The van der Waals surface area contributed by atoms with Gasteiger partial charge in [-0.2, -0.15) is 11.8 Å². The number of nitrogens with one attached hydrogen (secondary N) is 1. The summed E-state index contributed by atoms with van der Waals surface area (Å²) in [5, 5.41) is 2.82. The first-order valence-corrected chi connectivity index (χ1v) is 8.83. The molecule has 6 heteroatoms. The molecular formula is C18H18FN3OS. The van der Waals surface area contributed by atoms with Crippen LogP contribution in [0, 0.1) is 12.7 Å². The highest BCUT2D eigenvalue weighted by molar-refractivity contribution is 7.98. The second kappa shape index (κ2) is 7.49. The molecule has 0 bridgehead atoms. The van der Waals surface area contributed by atoms with Crippen LogP contribution in [-0.2, 0) is 10.5 Å². The van der Waals surface area contributed by atoms with Crippen LogP contribution in [0.4, 0.5) is 10.1 Å². The van der Waals surface area contributed by atoms with E-state index in [-0.39, 0.29) is 11.7 Å². The second-order valence-corrected chi connectivity index (χ2v) is 6.61. The van der Waals surface area contributed by atoms with E-state index in [2.05, 4.69) is 10.3 Å². The topological polar surface area (TPSA) is 46.4 Å². The number of hydrogen-bond donors (Lipinski definition) is 1. The van der Waals surface area contributed by atoms with Gasteiger partial charge in [-0.3, -0.25) is 4.79 Å². The lowest BCUT2D eigenvalue weighted by atomic mass is 10.2. The van der Waals surface area contributed by atoms with Crippen molar-refractivity contribution in [1.82, 2.24) is 9.38 Å². The predicted octanol–water partition coefficient (Wildman–Crippen LogP) is 4.04. The first kappa shape index (κ1) is 16.5. The van der Waals surface area contributed by atoms with Crippen molar-refractivity contribution in [3.63, 3.8) is 0 Å². The molecule has 1 amide bonds. The molecule has 3 aromatic rings. The Bertz CT molecular complexity index is 829. The van der Waals surface area contributed by atoms with Gasteiger partial charge in [0, 0.05) is 36.0 Å². The van der Waals surface area contributed by atoms with E-state index in [9.17, 15) is 9.18 Å². The summed E-state index contributed by atoms with van der Waals surface area (Å²) in [6, 6.07) is 10.2. The van der Waals surface area contributed by atoms with Crippen molar-refractivity contribution in [2.75, 3.05) is 11.1 Å². The summed E-state index contributed by atoms with van der Waals surface area (Å²) in [6.45, 7) is 1.77. The summed E-state index contributed by atoms with van der Waals surface area (Å²) in [5.74, 6) is 1.12. The maximum atomic E-state index is 13.0. The Morgan fingerprint density at radius 3 is 3.00 bits per heavy atom. The number of amides is 1. The van der Waals surface area contributed by atoms with Crippen LogP contribution in [0.3, 0.4) is 0 Å². The Hall–Kier alpha value is -2.34. The third-order valence-electron chi connectivity index (χ3n) is 3.60. The van der Waals surface area contributed by atoms with Gasteiger partial charge in [0.25, 0.3) is 0 Å². The zero-order valence-electron chi connectivity index (χ0n) is 13.3. The summed E-state index contributed by atoms with van der Waals surface area (Å²) in [6.07, 6.45) is 4.38. The summed E-state index contributed by atoms with van der Waals surface area (Å²) >= 11 is 1.67. The minimum absolute atomic E-state index is 0.0628. The Kier molecular flexibility index (Phi) is 5.15. The van der Waals surface area contributed by atoms with Gasteiger partial charge in [-0.05, 0) is 42.8 Å². The fourth-order valence-corrected chi connectivity index (χ4v) is 3.20. The molecule has 0 spiro atoms. The van der Waals surface area contributed by atoms with Crippen molar-refractivity contribution in [3.8, 4) is 0 Å². The van der Waals surface area contributed by atoms with Crippen LogP contribution >= 0.6 is 11.8 Å². The molecule has 3 rings (SSSR count). The van der Waals surface area contributed by atoms with Crippen LogP contribution in [0.15, 0.2) is 48.8 Å². The van der Waals surface area contributed by atoms with Crippen LogP contribution < -0.4 is 5.32 Å².